The molecule has 1 amide bonds. The third-order valence-electron chi connectivity index (χ3n) is 5.89. The summed E-state index contributed by atoms with van der Waals surface area (Å²) in [5, 5.41) is 0. The first-order chi connectivity index (χ1) is 12.2. The minimum atomic E-state index is 0.0473. The number of rotatable bonds is 3. The smallest absolute Gasteiger partial charge is 0.272 e. The number of likely N-dealkylation sites (N-methyl/N-ethyl adjacent to an activating group) is 1. The fourth-order valence-corrected chi connectivity index (χ4v) is 3.88. The SMILES string of the molecule is CN1CCN(c2cc(C(=O)N3CCN(C4CCC4)CC3)ncn2)CC1. The van der Waals surface area contributed by atoms with Crippen LogP contribution in [0.15, 0.2) is 12.4 Å². The van der Waals surface area contributed by atoms with Gasteiger partial charge in [-0.25, -0.2) is 9.97 Å². The van der Waals surface area contributed by atoms with Crippen LogP contribution in [0.5, 0.6) is 0 Å². The van der Waals surface area contributed by atoms with Crippen molar-refractivity contribution in [3.63, 3.8) is 0 Å². The molecule has 3 heterocycles. The van der Waals surface area contributed by atoms with Crippen molar-refractivity contribution >= 4 is 11.7 Å². The highest BCUT2D eigenvalue weighted by Crippen LogP contribution is 2.25. The number of piperazine rings is 2. The summed E-state index contributed by atoms with van der Waals surface area (Å²) in [6, 6.07) is 2.63. The van der Waals surface area contributed by atoms with Crippen molar-refractivity contribution in [2.24, 2.45) is 0 Å². The van der Waals surface area contributed by atoms with Crippen LogP contribution in [0.3, 0.4) is 0 Å². The van der Waals surface area contributed by atoms with Gasteiger partial charge in [0, 0.05) is 64.5 Å². The molecule has 3 fully saturated rings. The van der Waals surface area contributed by atoms with E-state index >= 15 is 0 Å². The fourth-order valence-electron chi connectivity index (χ4n) is 3.88. The van der Waals surface area contributed by atoms with Gasteiger partial charge in [0.25, 0.3) is 5.91 Å². The van der Waals surface area contributed by atoms with Crippen molar-refractivity contribution in [3.8, 4) is 0 Å². The first kappa shape index (κ1) is 16.7. The largest absolute Gasteiger partial charge is 0.354 e. The predicted molar refractivity (Wildman–Crippen MR) is 96.9 cm³/mol. The number of anilines is 1. The average Bonchev–Trinajstić information content (AvgIpc) is 2.61. The lowest BCUT2D eigenvalue weighted by Gasteiger charge is -2.42. The Balaban J connectivity index is 1.38. The maximum atomic E-state index is 12.8. The van der Waals surface area contributed by atoms with Crippen LogP contribution in [0, 0.1) is 0 Å². The molecule has 0 radical (unpaired) electrons. The van der Waals surface area contributed by atoms with Gasteiger partial charge in [0.05, 0.1) is 0 Å². The predicted octanol–water partition coefficient (Wildman–Crippen LogP) is 0.539. The van der Waals surface area contributed by atoms with E-state index in [-0.39, 0.29) is 5.91 Å². The molecular weight excluding hydrogens is 316 g/mol. The van der Waals surface area contributed by atoms with Gasteiger partial charge < -0.3 is 14.7 Å². The Kier molecular flexibility index (Phi) is 4.85. The Morgan fingerprint density at radius 2 is 1.72 bits per heavy atom. The quantitative estimate of drug-likeness (QED) is 0.798. The van der Waals surface area contributed by atoms with E-state index in [1.54, 1.807) is 0 Å². The summed E-state index contributed by atoms with van der Waals surface area (Å²) in [4.78, 5) is 30.5. The maximum absolute atomic E-state index is 12.8. The van der Waals surface area contributed by atoms with Crippen molar-refractivity contribution in [2.45, 2.75) is 25.3 Å². The van der Waals surface area contributed by atoms with Gasteiger partial charge in [0.2, 0.25) is 0 Å². The molecule has 7 nitrogen and oxygen atoms in total. The highest BCUT2D eigenvalue weighted by Gasteiger charge is 2.30. The molecule has 0 aromatic carbocycles. The van der Waals surface area contributed by atoms with Gasteiger partial charge in [-0.05, 0) is 19.9 Å². The molecular formula is C18H28N6O. The zero-order valence-electron chi connectivity index (χ0n) is 15.1. The molecule has 1 aromatic heterocycles. The van der Waals surface area contributed by atoms with Crippen LogP contribution in [-0.4, -0.2) is 96.0 Å². The van der Waals surface area contributed by atoms with Crippen LogP contribution < -0.4 is 4.90 Å². The van der Waals surface area contributed by atoms with Crippen LogP contribution in [0.2, 0.25) is 0 Å². The first-order valence-electron chi connectivity index (χ1n) is 9.49. The molecule has 2 saturated heterocycles. The summed E-state index contributed by atoms with van der Waals surface area (Å²) in [5.41, 5.74) is 0.529. The topological polar surface area (TPSA) is 55.8 Å². The van der Waals surface area contributed by atoms with Gasteiger partial charge in [-0.2, -0.15) is 0 Å². The second kappa shape index (κ2) is 7.25. The van der Waals surface area contributed by atoms with E-state index in [2.05, 4.69) is 31.7 Å². The van der Waals surface area contributed by atoms with Gasteiger partial charge >= 0.3 is 0 Å². The number of carbonyl (C=O) groups is 1. The maximum Gasteiger partial charge on any atom is 0.272 e. The van der Waals surface area contributed by atoms with Crippen LogP contribution >= 0.6 is 0 Å². The summed E-state index contributed by atoms with van der Waals surface area (Å²) in [5.74, 6) is 0.922. The zero-order chi connectivity index (χ0) is 17.2. The highest BCUT2D eigenvalue weighted by molar-refractivity contribution is 5.93. The Bertz CT molecular complexity index is 603. The molecule has 0 bridgehead atoms. The Hall–Kier alpha value is -1.73. The first-order valence-corrected chi connectivity index (χ1v) is 9.49. The van der Waals surface area contributed by atoms with E-state index in [0.29, 0.717) is 5.69 Å². The van der Waals surface area contributed by atoms with Gasteiger partial charge in [0.1, 0.15) is 17.8 Å². The van der Waals surface area contributed by atoms with Crippen LogP contribution in [0.25, 0.3) is 0 Å². The monoisotopic (exact) mass is 344 g/mol. The number of hydrogen-bond donors (Lipinski definition) is 0. The molecule has 7 heteroatoms. The Morgan fingerprint density at radius 3 is 2.36 bits per heavy atom. The number of nitrogens with zero attached hydrogens (tertiary/aromatic N) is 6. The molecule has 1 aromatic rings. The summed E-state index contributed by atoms with van der Waals surface area (Å²) in [6.07, 6.45) is 5.55. The second-order valence-corrected chi connectivity index (χ2v) is 7.46. The van der Waals surface area contributed by atoms with Crippen molar-refractivity contribution in [1.82, 2.24) is 24.7 Å². The van der Waals surface area contributed by atoms with Crippen LogP contribution in [0.4, 0.5) is 5.82 Å². The van der Waals surface area contributed by atoms with Gasteiger partial charge in [-0.15, -0.1) is 0 Å². The summed E-state index contributed by atoms with van der Waals surface area (Å²) >= 11 is 0. The van der Waals surface area contributed by atoms with E-state index in [0.717, 1.165) is 64.2 Å². The molecule has 0 spiro atoms. The lowest BCUT2D eigenvalue weighted by atomic mass is 9.91. The molecule has 25 heavy (non-hydrogen) atoms. The molecule has 3 aliphatic rings. The summed E-state index contributed by atoms with van der Waals surface area (Å²) in [6.45, 7) is 7.54. The second-order valence-electron chi connectivity index (χ2n) is 7.46. The normalized spacial score (nSPS) is 23.6. The van der Waals surface area contributed by atoms with Crippen molar-refractivity contribution < 1.29 is 4.79 Å². The third kappa shape index (κ3) is 3.62. The molecule has 0 N–H and O–H groups in total. The van der Waals surface area contributed by atoms with E-state index in [4.69, 9.17) is 0 Å². The molecule has 4 rings (SSSR count). The van der Waals surface area contributed by atoms with Crippen molar-refractivity contribution in [2.75, 3.05) is 64.3 Å². The molecule has 0 unspecified atom stereocenters. The lowest BCUT2D eigenvalue weighted by molar-refractivity contribution is 0.0451. The molecule has 1 saturated carbocycles. The minimum absolute atomic E-state index is 0.0473. The standard InChI is InChI=1S/C18H28N6O/c1-21-5-7-23(8-6-21)17-13-16(19-14-20-17)18(25)24-11-9-22(10-12-24)15-3-2-4-15/h13-15H,2-12H2,1H3. The molecule has 2 aliphatic heterocycles. The van der Waals surface area contributed by atoms with Crippen molar-refractivity contribution in [1.29, 1.82) is 0 Å². The lowest BCUT2D eigenvalue weighted by Crippen LogP contribution is -2.53. The third-order valence-corrected chi connectivity index (χ3v) is 5.89. The molecule has 136 valence electrons. The van der Waals surface area contributed by atoms with Gasteiger partial charge in [0.15, 0.2) is 0 Å². The summed E-state index contributed by atoms with van der Waals surface area (Å²) < 4.78 is 0. The van der Waals surface area contributed by atoms with E-state index < -0.39 is 0 Å². The number of hydrogen-bond acceptors (Lipinski definition) is 6. The number of aromatic nitrogens is 2. The van der Waals surface area contributed by atoms with Gasteiger partial charge in [-0.3, -0.25) is 9.69 Å². The number of amides is 1. The summed E-state index contributed by atoms with van der Waals surface area (Å²) in [7, 11) is 2.13. The minimum Gasteiger partial charge on any atom is -0.354 e. The van der Waals surface area contributed by atoms with Crippen molar-refractivity contribution in [3.05, 3.63) is 18.1 Å². The van der Waals surface area contributed by atoms with Gasteiger partial charge in [-0.1, -0.05) is 6.42 Å². The Morgan fingerprint density at radius 1 is 1.00 bits per heavy atom. The molecule has 1 aliphatic carbocycles. The van der Waals surface area contributed by atoms with Crippen LogP contribution in [-0.2, 0) is 0 Å². The van der Waals surface area contributed by atoms with E-state index in [9.17, 15) is 4.79 Å². The fraction of sp³-hybridized carbons (Fsp3) is 0.722. The highest BCUT2D eigenvalue weighted by atomic mass is 16.2. The Labute approximate surface area is 149 Å². The van der Waals surface area contributed by atoms with E-state index in [1.165, 1.54) is 25.6 Å². The molecule has 0 atom stereocenters. The average molecular weight is 344 g/mol. The zero-order valence-corrected chi connectivity index (χ0v) is 15.1. The number of carbonyl (C=O) groups excluding carboxylic acids is 1. The van der Waals surface area contributed by atoms with Crippen LogP contribution in [0.1, 0.15) is 29.8 Å². The van der Waals surface area contributed by atoms with E-state index in [1.807, 2.05) is 11.0 Å².